The van der Waals surface area contributed by atoms with Gasteiger partial charge in [-0.05, 0) is 30.5 Å². The monoisotopic (exact) mass is 314 g/mol. The Morgan fingerprint density at radius 2 is 1.96 bits per heavy atom. The molecule has 1 aromatic heterocycles. The highest BCUT2D eigenvalue weighted by molar-refractivity contribution is 5.92. The predicted octanol–water partition coefficient (Wildman–Crippen LogP) is 3.28. The van der Waals surface area contributed by atoms with Crippen molar-refractivity contribution in [1.82, 2.24) is 9.88 Å². The number of rotatable bonds is 10. The molecule has 4 heteroatoms. The van der Waals surface area contributed by atoms with Crippen molar-refractivity contribution >= 4 is 5.91 Å². The maximum atomic E-state index is 12.2. The number of ether oxygens (including phenoxy) is 1. The molecular weight excluding hydrogens is 288 g/mol. The van der Waals surface area contributed by atoms with Crippen molar-refractivity contribution in [2.45, 2.75) is 32.7 Å². The summed E-state index contributed by atoms with van der Waals surface area (Å²) < 4.78 is 7.46. The maximum absolute atomic E-state index is 12.2. The van der Waals surface area contributed by atoms with E-state index in [4.69, 9.17) is 4.74 Å². The molecule has 0 spiro atoms. The van der Waals surface area contributed by atoms with E-state index in [9.17, 15) is 4.79 Å². The van der Waals surface area contributed by atoms with Gasteiger partial charge in [0.15, 0.2) is 0 Å². The quantitative estimate of drug-likeness (QED) is 0.684. The summed E-state index contributed by atoms with van der Waals surface area (Å²) in [5, 5.41) is 2.92. The van der Waals surface area contributed by atoms with Crippen LogP contribution in [0.15, 0.2) is 48.7 Å². The normalized spacial score (nSPS) is 10.7. The zero-order valence-electron chi connectivity index (χ0n) is 13.8. The molecule has 0 aliphatic rings. The summed E-state index contributed by atoms with van der Waals surface area (Å²) in [4.78, 5) is 12.2. The standard InChI is InChI=1S/C19H26N2O2/c1-2-3-15-23-16-12-20-19(22)18-10-7-13-21(18)14-11-17-8-5-4-6-9-17/h4-10,13H,2-3,11-12,14-16H2,1H3,(H,20,22). The van der Waals surface area contributed by atoms with Gasteiger partial charge in [-0.25, -0.2) is 0 Å². The van der Waals surface area contributed by atoms with Crippen molar-refractivity contribution in [3.05, 3.63) is 59.9 Å². The number of aryl methyl sites for hydroxylation is 2. The summed E-state index contributed by atoms with van der Waals surface area (Å²) in [5.41, 5.74) is 1.98. The summed E-state index contributed by atoms with van der Waals surface area (Å²) >= 11 is 0. The van der Waals surface area contributed by atoms with Gasteiger partial charge >= 0.3 is 0 Å². The second-order valence-electron chi connectivity index (χ2n) is 5.54. The molecule has 0 unspecified atom stereocenters. The smallest absolute Gasteiger partial charge is 0.267 e. The molecule has 0 aliphatic heterocycles. The van der Waals surface area contributed by atoms with E-state index >= 15 is 0 Å². The van der Waals surface area contributed by atoms with Crippen molar-refractivity contribution in [2.24, 2.45) is 0 Å². The first-order chi connectivity index (χ1) is 11.3. The number of aromatic nitrogens is 1. The molecule has 1 aromatic carbocycles. The Hall–Kier alpha value is -2.07. The number of carbonyl (C=O) groups excluding carboxylic acids is 1. The highest BCUT2D eigenvalue weighted by Crippen LogP contribution is 2.06. The zero-order chi connectivity index (χ0) is 16.3. The first-order valence-corrected chi connectivity index (χ1v) is 8.36. The second kappa shape index (κ2) is 9.85. The highest BCUT2D eigenvalue weighted by Gasteiger charge is 2.10. The molecule has 0 fully saturated rings. The van der Waals surface area contributed by atoms with Gasteiger partial charge in [-0.2, -0.15) is 0 Å². The summed E-state index contributed by atoms with van der Waals surface area (Å²) in [6.45, 7) is 4.81. The Balaban J connectivity index is 1.77. The van der Waals surface area contributed by atoms with Crippen molar-refractivity contribution in [1.29, 1.82) is 0 Å². The van der Waals surface area contributed by atoms with Crippen LogP contribution in [0.1, 0.15) is 35.8 Å². The van der Waals surface area contributed by atoms with Crippen LogP contribution in [0.2, 0.25) is 0 Å². The number of carbonyl (C=O) groups is 1. The van der Waals surface area contributed by atoms with Crippen LogP contribution in [0.5, 0.6) is 0 Å². The SMILES string of the molecule is CCCCOCCNC(=O)c1cccn1CCc1ccccc1. The average Bonchev–Trinajstić information content (AvgIpc) is 3.05. The van der Waals surface area contributed by atoms with Crippen molar-refractivity contribution in [2.75, 3.05) is 19.8 Å². The molecule has 124 valence electrons. The van der Waals surface area contributed by atoms with E-state index < -0.39 is 0 Å². The summed E-state index contributed by atoms with van der Waals surface area (Å²) in [5.74, 6) is -0.0397. The van der Waals surface area contributed by atoms with E-state index in [1.54, 1.807) is 0 Å². The van der Waals surface area contributed by atoms with E-state index in [1.807, 2.05) is 41.1 Å². The molecule has 2 rings (SSSR count). The maximum Gasteiger partial charge on any atom is 0.267 e. The van der Waals surface area contributed by atoms with Crippen LogP contribution >= 0.6 is 0 Å². The fraction of sp³-hybridized carbons (Fsp3) is 0.421. The fourth-order valence-corrected chi connectivity index (χ4v) is 2.39. The van der Waals surface area contributed by atoms with Crippen LogP contribution in [0.25, 0.3) is 0 Å². The Kier molecular flexibility index (Phi) is 7.40. The van der Waals surface area contributed by atoms with Crippen molar-refractivity contribution in [3.8, 4) is 0 Å². The van der Waals surface area contributed by atoms with Crippen LogP contribution in [-0.4, -0.2) is 30.2 Å². The van der Waals surface area contributed by atoms with E-state index in [0.29, 0.717) is 18.8 Å². The third-order valence-electron chi connectivity index (χ3n) is 3.72. The van der Waals surface area contributed by atoms with Crippen LogP contribution in [0, 0.1) is 0 Å². The predicted molar refractivity (Wildman–Crippen MR) is 92.6 cm³/mol. The number of nitrogens with zero attached hydrogens (tertiary/aromatic N) is 1. The van der Waals surface area contributed by atoms with Gasteiger partial charge in [0, 0.05) is 25.9 Å². The van der Waals surface area contributed by atoms with Gasteiger partial charge in [-0.15, -0.1) is 0 Å². The van der Waals surface area contributed by atoms with Crippen LogP contribution < -0.4 is 5.32 Å². The van der Waals surface area contributed by atoms with Gasteiger partial charge in [-0.3, -0.25) is 4.79 Å². The molecule has 0 saturated heterocycles. The number of benzene rings is 1. The van der Waals surface area contributed by atoms with E-state index in [0.717, 1.165) is 32.4 Å². The van der Waals surface area contributed by atoms with Gasteiger partial charge in [0.2, 0.25) is 0 Å². The highest BCUT2D eigenvalue weighted by atomic mass is 16.5. The number of amides is 1. The molecule has 4 nitrogen and oxygen atoms in total. The molecule has 0 radical (unpaired) electrons. The van der Waals surface area contributed by atoms with E-state index in [-0.39, 0.29) is 5.91 Å². The molecule has 1 amide bonds. The molecular formula is C19H26N2O2. The van der Waals surface area contributed by atoms with Gasteiger partial charge in [0.25, 0.3) is 5.91 Å². The van der Waals surface area contributed by atoms with Gasteiger partial charge < -0.3 is 14.6 Å². The number of hydrogen-bond acceptors (Lipinski definition) is 2. The van der Waals surface area contributed by atoms with E-state index in [1.165, 1.54) is 5.56 Å². The molecule has 23 heavy (non-hydrogen) atoms. The van der Waals surface area contributed by atoms with Crippen LogP contribution in [0.4, 0.5) is 0 Å². The Morgan fingerprint density at radius 1 is 1.13 bits per heavy atom. The Bertz CT molecular complexity index is 578. The average molecular weight is 314 g/mol. The van der Waals surface area contributed by atoms with Crippen LogP contribution in [0.3, 0.4) is 0 Å². The summed E-state index contributed by atoms with van der Waals surface area (Å²) in [6.07, 6.45) is 5.06. The minimum atomic E-state index is -0.0397. The number of nitrogens with one attached hydrogen (secondary N) is 1. The second-order valence-corrected chi connectivity index (χ2v) is 5.54. The lowest BCUT2D eigenvalue weighted by molar-refractivity contribution is 0.0904. The van der Waals surface area contributed by atoms with Gasteiger partial charge in [-0.1, -0.05) is 43.7 Å². The molecule has 0 atom stereocenters. The number of hydrogen-bond donors (Lipinski definition) is 1. The molecule has 0 aliphatic carbocycles. The molecule has 2 aromatic rings. The van der Waals surface area contributed by atoms with E-state index in [2.05, 4.69) is 24.4 Å². The van der Waals surface area contributed by atoms with Gasteiger partial charge in [0.05, 0.1) is 6.61 Å². The summed E-state index contributed by atoms with van der Waals surface area (Å²) in [6, 6.07) is 14.1. The largest absolute Gasteiger partial charge is 0.380 e. The van der Waals surface area contributed by atoms with Crippen molar-refractivity contribution < 1.29 is 9.53 Å². The Labute approximate surface area is 138 Å². The minimum absolute atomic E-state index is 0.0397. The van der Waals surface area contributed by atoms with Crippen molar-refractivity contribution in [3.63, 3.8) is 0 Å². The van der Waals surface area contributed by atoms with Crippen LogP contribution in [-0.2, 0) is 17.7 Å². The third-order valence-corrected chi connectivity index (χ3v) is 3.72. The molecule has 0 saturated carbocycles. The third kappa shape index (κ3) is 5.91. The van der Waals surface area contributed by atoms with Gasteiger partial charge in [0.1, 0.15) is 5.69 Å². The zero-order valence-corrected chi connectivity index (χ0v) is 13.8. The minimum Gasteiger partial charge on any atom is -0.380 e. The summed E-state index contributed by atoms with van der Waals surface area (Å²) in [7, 11) is 0. The fourth-order valence-electron chi connectivity index (χ4n) is 2.39. The first-order valence-electron chi connectivity index (χ1n) is 8.36. The first kappa shape index (κ1) is 17.3. The lowest BCUT2D eigenvalue weighted by Crippen LogP contribution is -2.29. The molecule has 0 bridgehead atoms. The molecule has 1 heterocycles. The lowest BCUT2D eigenvalue weighted by Gasteiger charge is -2.10. The Morgan fingerprint density at radius 3 is 2.74 bits per heavy atom. The molecule has 1 N–H and O–H groups in total. The number of unbranched alkanes of at least 4 members (excludes halogenated alkanes) is 1. The lowest BCUT2D eigenvalue weighted by atomic mass is 10.1. The topological polar surface area (TPSA) is 43.3 Å².